The molecular weight excluding hydrogens is 195 g/mol. The summed E-state index contributed by atoms with van der Waals surface area (Å²) in [5, 5.41) is 17.1. The van der Waals surface area contributed by atoms with Gasteiger partial charge in [-0.1, -0.05) is 0 Å². The normalized spacial score (nSPS) is 19.5. The Kier molecular flexibility index (Phi) is 4.55. The van der Waals surface area contributed by atoms with Gasteiger partial charge in [-0.15, -0.1) is 0 Å². The molecule has 0 rings (SSSR count). The topological polar surface area (TPSA) is 76.0 Å². The molecule has 0 fully saturated rings. The van der Waals surface area contributed by atoms with Gasteiger partial charge in [0, 0.05) is 20.6 Å². The Hall–Kier alpha value is 0.0700. The molecule has 0 saturated carbocycles. The molecule has 0 heterocycles. The fraction of sp³-hybridized carbons (Fsp3) is 1.00. The van der Waals surface area contributed by atoms with Gasteiger partial charge < -0.3 is 19.3 Å². The van der Waals surface area contributed by atoms with E-state index in [1.165, 1.54) is 28.1 Å². The van der Waals surface area contributed by atoms with E-state index in [1.807, 2.05) is 0 Å². The van der Waals surface area contributed by atoms with Crippen molar-refractivity contribution in [2.75, 3.05) is 14.2 Å². The van der Waals surface area contributed by atoms with Gasteiger partial charge in [0.15, 0.2) is 5.34 Å². The van der Waals surface area contributed by atoms with Crippen molar-refractivity contribution in [1.82, 2.24) is 0 Å². The molecule has 2 N–H and O–H groups in total. The molecule has 13 heavy (non-hydrogen) atoms. The molecule has 80 valence electrons. The van der Waals surface area contributed by atoms with Crippen molar-refractivity contribution in [2.45, 2.75) is 31.7 Å². The van der Waals surface area contributed by atoms with Crippen LogP contribution in [-0.2, 0) is 13.6 Å². The number of aliphatic hydroxyl groups is 2. The van der Waals surface area contributed by atoms with Gasteiger partial charge in [-0.3, -0.25) is 4.57 Å². The highest BCUT2D eigenvalue weighted by Gasteiger charge is 2.45. The zero-order valence-corrected chi connectivity index (χ0v) is 9.25. The molecule has 0 bridgehead atoms. The lowest BCUT2D eigenvalue weighted by Gasteiger charge is -2.30. The minimum atomic E-state index is -3.54. The Labute approximate surface area is 78.2 Å². The van der Waals surface area contributed by atoms with E-state index in [0.717, 1.165) is 0 Å². The summed E-state index contributed by atoms with van der Waals surface area (Å²) in [7, 11) is -1.15. The van der Waals surface area contributed by atoms with Gasteiger partial charge in [-0.25, -0.2) is 0 Å². The van der Waals surface area contributed by atoms with E-state index in [1.54, 1.807) is 0 Å². The van der Waals surface area contributed by atoms with Crippen LogP contribution in [0, 0.1) is 0 Å². The molecule has 0 aromatic rings. The minimum absolute atomic E-state index is 0.0635. The fourth-order valence-electron chi connectivity index (χ4n) is 1.14. The van der Waals surface area contributed by atoms with Crippen molar-refractivity contribution >= 4 is 7.60 Å². The number of aliphatic hydroxyl groups excluding tert-OH is 1. The summed E-state index contributed by atoms with van der Waals surface area (Å²) in [6.07, 6.45) is -0.833. The molecule has 0 aliphatic heterocycles. The molecule has 0 aliphatic rings. The molecule has 0 saturated heterocycles. The molecule has 2 atom stereocenters. The summed E-state index contributed by atoms with van der Waals surface area (Å²) in [5.74, 6) is 0. The highest BCUT2D eigenvalue weighted by molar-refractivity contribution is 7.55. The Balaban J connectivity index is 4.68. The van der Waals surface area contributed by atoms with Crippen LogP contribution in [-0.4, -0.2) is 35.9 Å². The van der Waals surface area contributed by atoms with Gasteiger partial charge in [-0.05, 0) is 13.8 Å². The zero-order valence-electron chi connectivity index (χ0n) is 8.35. The number of hydrogen-bond acceptors (Lipinski definition) is 5. The average molecular weight is 212 g/mol. The van der Waals surface area contributed by atoms with Gasteiger partial charge in [0.05, 0.1) is 6.10 Å². The van der Waals surface area contributed by atoms with Crippen molar-refractivity contribution in [2.24, 2.45) is 0 Å². The van der Waals surface area contributed by atoms with E-state index >= 15 is 0 Å². The maximum absolute atomic E-state index is 11.7. The largest absolute Gasteiger partial charge is 0.393 e. The molecule has 0 aromatic carbocycles. The molecule has 0 aliphatic carbocycles. The first-order valence-corrected chi connectivity index (χ1v) is 5.45. The standard InChI is InChI=1S/C7H17O5P/c1-6(8)5-7(2,9)13(10,11-3)12-4/h6,8-9H,5H2,1-4H3. The SMILES string of the molecule is COP(=O)(OC)C(C)(O)CC(C)O. The van der Waals surface area contributed by atoms with Crippen LogP contribution in [0.15, 0.2) is 0 Å². The Bertz CT molecular complexity index is 193. The highest BCUT2D eigenvalue weighted by Crippen LogP contribution is 2.59. The second-order valence-corrected chi connectivity index (χ2v) is 5.82. The maximum Gasteiger partial charge on any atom is 0.361 e. The highest BCUT2D eigenvalue weighted by atomic mass is 31.2. The average Bonchev–Trinajstić information content (AvgIpc) is 2.00. The predicted octanol–water partition coefficient (Wildman–Crippen LogP) is 0.952. The molecular formula is C7H17O5P. The van der Waals surface area contributed by atoms with Crippen molar-refractivity contribution < 1.29 is 23.8 Å². The fourth-order valence-corrected chi connectivity index (χ4v) is 2.56. The third-order valence-electron chi connectivity index (χ3n) is 1.75. The lowest BCUT2D eigenvalue weighted by Crippen LogP contribution is -2.30. The van der Waals surface area contributed by atoms with E-state index in [0.29, 0.717) is 0 Å². The van der Waals surface area contributed by atoms with Crippen LogP contribution in [0.3, 0.4) is 0 Å². The van der Waals surface area contributed by atoms with Crippen molar-refractivity contribution in [3.05, 3.63) is 0 Å². The van der Waals surface area contributed by atoms with E-state index in [2.05, 4.69) is 9.05 Å². The first-order chi connectivity index (χ1) is 5.79. The first kappa shape index (κ1) is 13.1. The van der Waals surface area contributed by atoms with Crippen LogP contribution in [0.25, 0.3) is 0 Å². The first-order valence-electron chi connectivity index (χ1n) is 3.91. The molecule has 0 radical (unpaired) electrons. The zero-order chi connectivity index (χ0) is 10.7. The molecule has 0 spiro atoms. The van der Waals surface area contributed by atoms with Crippen LogP contribution >= 0.6 is 7.60 Å². The number of hydrogen-bond donors (Lipinski definition) is 2. The maximum atomic E-state index is 11.7. The van der Waals surface area contributed by atoms with Gasteiger partial charge in [0.2, 0.25) is 0 Å². The quantitative estimate of drug-likeness (QED) is 0.663. The lowest BCUT2D eigenvalue weighted by atomic mass is 10.2. The van der Waals surface area contributed by atoms with E-state index < -0.39 is 19.0 Å². The van der Waals surface area contributed by atoms with Crippen molar-refractivity contribution in [3.8, 4) is 0 Å². The third kappa shape index (κ3) is 3.04. The second kappa shape index (κ2) is 4.53. The monoisotopic (exact) mass is 212 g/mol. The molecule has 0 aromatic heterocycles. The molecule has 0 amide bonds. The summed E-state index contributed by atoms with van der Waals surface area (Å²) in [4.78, 5) is 0. The van der Waals surface area contributed by atoms with Gasteiger partial charge in [0.25, 0.3) is 0 Å². The smallest absolute Gasteiger partial charge is 0.361 e. The summed E-state index contributed by atoms with van der Waals surface area (Å²) in [6, 6.07) is 0. The van der Waals surface area contributed by atoms with Crippen LogP contribution in [0.1, 0.15) is 20.3 Å². The van der Waals surface area contributed by atoms with Gasteiger partial charge in [0.1, 0.15) is 0 Å². The summed E-state index contributed by atoms with van der Waals surface area (Å²) >= 11 is 0. The van der Waals surface area contributed by atoms with Crippen LogP contribution < -0.4 is 0 Å². The van der Waals surface area contributed by atoms with Crippen LogP contribution in [0.2, 0.25) is 0 Å². The predicted molar refractivity (Wildman–Crippen MR) is 48.5 cm³/mol. The molecule has 6 heteroatoms. The summed E-state index contributed by atoms with van der Waals surface area (Å²) < 4.78 is 21.0. The number of rotatable bonds is 5. The van der Waals surface area contributed by atoms with Crippen molar-refractivity contribution in [3.63, 3.8) is 0 Å². The van der Waals surface area contributed by atoms with Crippen LogP contribution in [0.5, 0.6) is 0 Å². The van der Waals surface area contributed by atoms with Crippen LogP contribution in [0.4, 0.5) is 0 Å². The van der Waals surface area contributed by atoms with Gasteiger partial charge in [-0.2, -0.15) is 0 Å². The van der Waals surface area contributed by atoms with E-state index in [-0.39, 0.29) is 6.42 Å². The second-order valence-electron chi connectivity index (χ2n) is 3.13. The summed E-state index contributed by atoms with van der Waals surface area (Å²) in [5.41, 5.74) is 0. The Morgan fingerprint density at radius 2 is 1.85 bits per heavy atom. The Morgan fingerprint density at radius 1 is 1.46 bits per heavy atom. The summed E-state index contributed by atoms with van der Waals surface area (Å²) in [6.45, 7) is 2.80. The molecule has 5 nitrogen and oxygen atoms in total. The van der Waals surface area contributed by atoms with Gasteiger partial charge >= 0.3 is 7.60 Å². The van der Waals surface area contributed by atoms with E-state index in [9.17, 15) is 9.67 Å². The lowest BCUT2D eigenvalue weighted by molar-refractivity contribution is 0.0433. The van der Waals surface area contributed by atoms with Crippen molar-refractivity contribution in [1.29, 1.82) is 0 Å². The Morgan fingerprint density at radius 3 is 2.08 bits per heavy atom. The third-order valence-corrected chi connectivity index (χ3v) is 4.08. The molecule has 2 unspecified atom stereocenters. The van der Waals surface area contributed by atoms with E-state index in [4.69, 9.17) is 5.11 Å². The minimum Gasteiger partial charge on any atom is -0.393 e.